The van der Waals surface area contributed by atoms with Crippen LogP contribution in [0.1, 0.15) is 19.4 Å². The highest BCUT2D eigenvalue weighted by atomic mass is 16.5. The quantitative estimate of drug-likeness (QED) is 0.628. The number of rotatable bonds is 5. The number of benzene rings is 1. The number of ether oxygens (including phenoxy) is 1. The number of hydrogen-bond donors (Lipinski definition) is 1. The topological polar surface area (TPSA) is 46.5 Å². The van der Waals surface area contributed by atoms with Crippen molar-refractivity contribution in [2.75, 3.05) is 13.2 Å². The second kappa shape index (κ2) is 6.21. The van der Waals surface area contributed by atoms with Crippen molar-refractivity contribution in [2.24, 2.45) is 5.41 Å². The highest BCUT2D eigenvalue weighted by Crippen LogP contribution is 2.13. The molecule has 0 heterocycles. The summed E-state index contributed by atoms with van der Waals surface area (Å²) < 4.78 is 5.03. The summed E-state index contributed by atoms with van der Waals surface area (Å²) in [6.07, 6.45) is 3.09. The summed E-state index contributed by atoms with van der Waals surface area (Å²) in [6.45, 7) is 3.87. The third-order valence-corrected chi connectivity index (χ3v) is 2.24. The Balaban J connectivity index is 2.43. The predicted octanol–water partition coefficient (Wildman–Crippen LogP) is 2.26. The van der Waals surface area contributed by atoms with Gasteiger partial charge in [-0.1, -0.05) is 44.2 Å². The average Bonchev–Trinajstić information content (AvgIpc) is 2.35. The maximum absolute atomic E-state index is 11.4. The molecule has 0 amide bonds. The molecule has 0 aromatic heterocycles. The van der Waals surface area contributed by atoms with E-state index in [2.05, 4.69) is 0 Å². The van der Waals surface area contributed by atoms with Gasteiger partial charge in [0.25, 0.3) is 0 Å². The zero-order valence-corrected chi connectivity index (χ0v) is 10.2. The second-order valence-electron chi connectivity index (χ2n) is 4.67. The zero-order chi connectivity index (χ0) is 12.7. The summed E-state index contributed by atoms with van der Waals surface area (Å²) in [5.41, 5.74) is 0.557. The summed E-state index contributed by atoms with van der Waals surface area (Å²) >= 11 is 0. The van der Waals surface area contributed by atoms with Crippen LogP contribution >= 0.6 is 0 Å². The average molecular weight is 234 g/mol. The molecule has 0 bridgehead atoms. The van der Waals surface area contributed by atoms with E-state index in [9.17, 15) is 4.79 Å². The highest BCUT2D eigenvalue weighted by Gasteiger charge is 2.18. The third-order valence-electron chi connectivity index (χ3n) is 2.24. The van der Waals surface area contributed by atoms with Crippen LogP contribution in [-0.4, -0.2) is 24.3 Å². The smallest absolute Gasteiger partial charge is 0.330 e. The standard InChI is InChI=1S/C14H18O3/c1-14(2,10-15)11-17-13(16)9-8-12-6-4-3-5-7-12/h3-9,15H,10-11H2,1-2H3/b9-8+. The van der Waals surface area contributed by atoms with Crippen molar-refractivity contribution >= 4 is 12.0 Å². The first-order valence-corrected chi connectivity index (χ1v) is 5.54. The Labute approximate surface area is 102 Å². The van der Waals surface area contributed by atoms with E-state index in [0.29, 0.717) is 0 Å². The van der Waals surface area contributed by atoms with Gasteiger partial charge in [-0.15, -0.1) is 0 Å². The lowest BCUT2D eigenvalue weighted by molar-refractivity contribution is -0.141. The van der Waals surface area contributed by atoms with Gasteiger partial charge in [-0.05, 0) is 11.6 Å². The van der Waals surface area contributed by atoms with Crippen LogP contribution in [0.5, 0.6) is 0 Å². The number of carbonyl (C=O) groups is 1. The third kappa shape index (κ3) is 5.31. The first-order valence-electron chi connectivity index (χ1n) is 5.54. The molecular weight excluding hydrogens is 216 g/mol. The molecule has 1 aromatic rings. The van der Waals surface area contributed by atoms with Gasteiger partial charge in [0, 0.05) is 11.5 Å². The SMILES string of the molecule is CC(C)(CO)COC(=O)/C=C/c1ccccc1. The largest absolute Gasteiger partial charge is 0.462 e. The normalized spacial score (nSPS) is 11.7. The van der Waals surface area contributed by atoms with Gasteiger partial charge in [-0.3, -0.25) is 0 Å². The second-order valence-corrected chi connectivity index (χ2v) is 4.67. The van der Waals surface area contributed by atoms with Gasteiger partial charge in [0.15, 0.2) is 0 Å². The molecular formula is C14H18O3. The Morgan fingerprint density at radius 1 is 1.35 bits per heavy atom. The van der Waals surface area contributed by atoms with Crippen LogP contribution in [0, 0.1) is 5.41 Å². The van der Waals surface area contributed by atoms with Crippen LogP contribution in [0.3, 0.4) is 0 Å². The lowest BCUT2D eigenvalue weighted by Gasteiger charge is -2.20. The van der Waals surface area contributed by atoms with E-state index >= 15 is 0 Å². The van der Waals surface area contributed by atoms with Gasteiger partial charge < -0.3 is 9.84 Å². The molecule has 0 aliphatic heterocycles. The number of aliphatic hydroxyl groups is 1. The summed E-state index contributed by atoms with van der Waals surface area (Å²) in [4.78, 5) is 11.4. The van der Waals surface area contributed by atoms with Gasteiger partial charge in [0.1, 0.15) is 0 Å². The lowest BCUT2D eigenvalue weighted by atomic mass is 9.97. The summed E-state index contributed by atoms with van der Waals surface area (Å²) in [6, 6.07) is 9.53. The van der Waals surface area contributed by atoms with E-state index in [-0.39, 0.29) is 13.2 Å². The lowest BCUT2D eigenvalue weighted by Crippen LogP contribution is -2.25. The van der Waals surface area contributed by atoms with E-state index < -0.39 is 11.4 Å². The molecule has 0 aliphatic rings. The molecule has 0 aliphatic carbocycles. The van der Waals surface area contributed by atoms with Gasteiger partial charge in [0.2, 0.25) is 0 Å². The monoisotopic (exact) mass is 234 g/mol. The van der Waals surface area contributed by atoms with E-state index in [1.54, 1.807) is 6.08 Å². The van der Waals surface area contributed by atoms with Crippen molar-refractivity contribution in [3.05, 3.63) is 42.0 Å². The number of carbonyl (C=O) groups excluding carboxylic acids is 1. The summed E-state index contributed by atoms with van der Waals surface area (Å²) in [5, 5.41) is 9.01. The molecule has 17 heavy (non-hydrogen) atoms. The molecule has 1 N–H and O–H groups in total. The van der Waals surface area contributed by atoms with E-state index in [1.807, 2.05) is 44.2 Å². The molecule has 92 valence electrons. The first-order chi connectivity index (χ1) is 8.03. The number of hydrogen-bond acceptors (Lipinski definition) is 3. The Morgan fingerprint density at radius 3 is 2.59 bits per heavy atom. The van der Waals surface area contributed by atoms with Crippen molar-refractivity contribution in [3.8, 4) is 0 Å². The Kier molecular flexibility index (Phi) is 4.91. The molecule has 0 unspecified atom stereocenters. The molecule has 0 fully saturated rings. The highest BCUT2D eigenvalue weighted by molar-refractivity contribution is 5.87. The fourth-order valence-electron chi connectivity index (χ4n) is 1.09. The van der Waals surface area contributed by atoms with Gasteiger partial charge >= 0.3 is 5.97 Å². The number of esters is 1. The van der Waals surface area contributed by atoms with Gasteiger partial charge in [-0.25, -0.2) is 4.79 Å². The van der Waals surface area contributed by atoms with E-state index in [0.717, 1.165) is 5.56 Å². The Bertz CT molecular complexity index is 380. The zero-order valence-electron chi connectivity index (χ0n) is 10.2. The molecule has 1 rings (SSSR count). The predicted molar refractivity (Wildman–Crippen MR) is 67.3 cm³/mol. The van der Waals surface area contributed by atoms with Gasteiger partial charge in [0.05, 0.1) is 13.2 Å². The van der Waals surface area contributed by atoms with Crippen LogP contribution < -0.4 is 0 Å². The molecule has 1 aromatic carbocycles. The summed E-state index contributed by atoms with van der Waals surface area (Å²) in [5.74, 6) is -0.393. The molecule has 3 heteroatoms. The maximum atomic E-state index is 11.4. The molecule has 0 spiro atoms. The van der Waals surface area contributed by atoms with E-state index in [4.69, 9.17) is 9.84 Å². The molecule has 0 saturated heterocycles. The van der Waals surface area contributed by atoms with Crippen molar-refractivity contribution in [1.82, 2.24) is 0 Å². The van der Waals surface area contributed by atoms with Crippen LogP contribution in [0.15, 0.2) is 36.4 Å². The maximum Gasteiger partial charge on any atom is 0.330 e. The minimum atomic E-state index is -0.393. The van der Waals surface area contributed by atoms with Crippen molar-refractivity contribution in [2.45, 2.75) is 13.8 Å². The fraction of sp³-hybridized carbons (Fsp3) is 0.357. The molecule has 0 atom stereocenters. The number of aliphatic hydroxyl groups excluding tert-OH is 1. The Morgan fingerprint density at radius 2 is 2.00 bits per heavy atom. The molecule has 0 radical (unpaired) electrons. The van der Waals surface area contributed by atoms with Crippen molar-refractivity contribution in [1.29, 1.82) is 0 Å². The summed E-state index contributed by atoms with van der Waals surface area (Å²) in [7, 11) is 0. The molecule has 3 nitrogen and oxygen atoms in total. The van der Waals surface area contributed by atoms with E-state index in [1.165, 1.54) is 6.08 Å². The van der Waals surface area contributed by atoms with Crippen LogP contribution in [0.25, 0.3) is 6.08 Å². The van der Waals surface area contributed by atoms with Crippen LogP contribution in [-0.2, 0) is 9.53 Å². The Hall–Kier alpha value is -1.61. The fourth-order valence-corrected chi connectivity index (χ4v) is 1.09. The molecule has 0 saturated carbocycles. The first kappa shape index (κ1) is 13.5. The van der Waals surface area contributed by atoms with Crippen LogP contribution in [0.4, 0.5) is 0 Å². The van der Waals surface area contributed by atoms with Gasteiger partial charge in [-0.2, -0.15) is 0 Å². The van der Waals surface area contributed by atoms with Crippen molar-refractivity contribution < 1.29 is 14.6 Å². The van der Waals surface area contributed by atoms with Crippen molar-refractivity contribution in [3.63, 3.8) is 0 Å². The minimum absolute atomic E-state index is 0.0112. The minimum Gasteiger partial charge on any atom is -0.462 e. The van der Waals surface area contributed by atoms with Crippen LogP contribution in [0.2, 0.25) is 0 Å².